The molecule has 3 heterocycles. The molecule has 17 heavy (non-hydrogen) atoms. The molecule has 1 aromatic rings. The smallest absolute Gasteiger partial charge is 0.0543 e. The second-order valence-electron chi connectivity index (χ2n) is 5.31. The fourth-order valence-electron chi connectivity index (χ4n) is 3.18. The predicted octanol–water partition coefficient (Wildman–Crippen LogP) is 1.66. The fraction of sp³-hybridized carbons (Fsp3) is 0.643. The number of aromatic nitrogens is 1. The van der Waals surface area contributed by atoms with Gasteiger partial charge in [-0.3, -0.25) is 9.88 Å². The number of likely N-dealkylation sites (tertiary alicyclic amines) is 1. The van der Waals surface area contributed by atoms with Gasteiger partial charge in [0, 0.05) is 31.9 Å². The first-order chi connectivity index (χ1) is 8.42. The van der Waals surface area contributed by atoms with Crippen molar-refractivity contribution in [3.63, 3.8) is 0 Å². The summed E-state index contributed by atoms with van der Waals surface area (Å²) in [5, 5.41) is 3.66. The van der Waals surface area contributed by atoms with Crippen molar-refractivity contribution in [2.45, 2.75) is 31.8 Å². The summed E-state index contributed by atoms with van der Waals surface area (Å²) in [6.45, 7) is 4.70. The molecule has 2 atom stereocenters. The molecule has 2 aliphatic rings. The summed E-state index contributed by atoms with van der Waals surface area (Å²) < 4.78 is 0. The molecule has 2 unspecified atom stereocenters. The molecule has 0 spiro atoms. The Bertz CT molecular complexity index is 352. The zero-order valence-corrected chi connectivity index (χ0v) is 10.3. The monoisotopic (exact) mass is 231 g/mol. The Morgan fingerprint density at radius 3 is 3.24 bits per heavy atom. The minimum atomic E-state index is 0.781. The summed E-state index contributed by atoms with van der Waals surface area (Å²) in [5.74, 6) is 0.862. The van der Waals surface area contributed by atoms with Crippen LogP contribution in [0.2, 0.25) is 0 Å². The van der Waals surface area contributed by atoms with E-state index in [9.17, 15) is 0 Å². The molecule has 0 saturated carbocycles. The van der Waals surface area contributed by atoms with Crippen LogP contribution in [0.5, 0.6) is 0 Å². The SMILES string of the molecule is c1ccc(CN2CCC3NCCCC3C2)nc1. The maximum atomic E-state index is 4.42. The van der Waals surface area contributed by atoms with Crippen LogP contribution < -0.4 is 5.32 Å². The maximum Gasteiger partial charge on any atom is 0.0543 e. The van der Waals surface area contributed by atoms with Crippen molar-refractivity contribution in [3.05, 3.63) is 30.1 Å². The van der Waals surface area contributed by atoms with Gasteiger partial charge < -0.3 is 5.32 Å². The quantitative estimate of drug-likeness (QED) is 0.839. The topological polar surface area (TPSA) is 28.2 Å². The molecule has 2 saturated heterocycles. The van der Waals surface area contributed by atoms with Crippen LogP contribution in [0.3, 0.4) is 0 Å². The third kappa shape index (κ3) is 2.67. The number of pyridine rings is 1. The van der Waals surface area contributed by atoms with E-state index >= 15 is 0 Å². The Labute approximate surface area is 103 Å². The lowest BCUT2D eigenvalue weighted by atomic mass is 9.85. The summed E-state index contributed by atoms with van der Waals surface area (Å²) in [6.07, 6.45) is 5.94. The zero-order valence-electron chi connectivity index (χ0n) is 10.3. The van der Waals surface area contributed by atoms with Gasteiger partial charge in [-0.05, 0) is 43.9 Å². The highest BCUT2D eigenvalue weighted by Gasteiger charge is 2.30. The van der Waals surface area contributed by atoms with E-state index in [4.69, 9.17) is 0 Å². The largest absolute Gasteiger partial charge is 0.314 e. The first-order valence-corrected chi connectivity index (χ1v) is 6.77. The van der Waals surface area contributed by atoms with Crippen LogP contribution in [0.4, 0.5) is 0 Å². The number of rotatable bonds is 2. The van der Waals surface area contributed by atoms with Crippen LogP contribution in [0, 0.1) is 5.92 Å². The number of hydrogen-bond acceptors (Lipinski definition) is 3. The summed E-state index contributed by atoms with van der Waals surface area (Å²) in [4.78, 5) is 6.99. The second kappa shape index (κ2) is 5.15. The predicted molar refractivity (Wildman–Crippen MR) is 68.6 cm³/mol. The molecule has 2 fully saturated rings. The van der Waals surface area contributed by atoms with E-state index < -0.39 is 0 Å². The molecule has 3 nitrogen and oxygen atoms in total. The van der Waals surface area contributed by atoms with E-state index in [-0.39, 0.29) is 0 Å². The van der Waals surface area contributed by atoms with Gasteiger partial charge in [0.1, 0.15) is 0 Å². The standard InChI is InChI=1S/C14H21N3/c1-2-7-15-13(5-1)11-17-9-6-14-12(10-17)4-3-8-16-14/h1-2,5,7,12,14,16H,3-4,6,8-11H2. The van der Waals surface area contributed by atoms with E-state index in [1.165, 1.54) is 44.6 Å². The lowest BCUT2D eigenvalue weighted by Crippen LogP contribution is -2.51. The molecule has 1 N–H and O–H groups in total. The molecule has 0 amide bonds. The molecule has 0 aliphatic carbocycles. The Morgan fingerprint density at radius 2 is 2.35 bits per heavy atom. The molecule has 0 aromatic carbocycles. The van der Waals surface area contributed by atoms with Gasteiger partial charge in [-0.25, -0.2) is 0 Å². The average Bonchev–Trinajstić information content (AvgIpc) is 2.40. The molecule has 92 valence electrons. The van der Waals surface area contributed by atoms with Crippen molar-refractivity contribution in [1.82, 2.24) is 15.2 Å². The van der Waals surface area contributed by atoms with Crippen molar-refractivity contribution in [2.75, 3.05) is 19.6 Å². The molecular formula is C14H21N3. The summed E-state index contributed by atoms with van der Waals surface area (Å²) in [6, 6.07) is 6.98. The van der Waals surface area contributed by atoms with Crippen molar-refractivity contribution < 1.29 is 0 Å². The number of nitrogens with zero attached hydrogens (tertiary/aromatic N) is 2. The van der Waals surface area contributed by atoms with E-state index in [0.29, 0.717) is 0 Å². The van der Waals surface area contributed by atoms with Gasteiger partial charge >= 0.3 is 0 Å². The minimum Gasteiger partial charge on any atom is -0.314 e. The highest BCUT2D eigenvalue weighted by atomic mass is 15.2. The van der Waals surface area contributed by atoms with Crippen LogP contribution >= 0.6 is 0 Å². The van der Waals surface area contributed by atoms with E-state index in [1.807, 2.05) is 12.3 Å². The molecule has 0 radical (unpaired) electrons. The highest BCUT2D eigenvalue weighted by molar-refractivity contribution is 5.04. The van der Waals surface area contributed by atoms with Crippen molar-refractivity contribution >= 4 is 0 Å². The van der Waals surface area contributed by atoms with Crippen molar-refractivity contribution in [1.29, 1.82) is 0 Å². The highest BCUT2D eigenvalue weighted by Crippen LogP contribution is 2.25. The van der Waals surface area contributed by atoms with Crippen LogP contribution in [0.1, 0.15) is 25.0 Å². The normalized spacial score (nSPS) is 29.9. The Balaban J connectivity index is 1.59. The van der Waals surface area contributed by atoms with Gasteiger partial charge in [-0.15, -0.1) is 0 Å². The number of hydrogen-bond donors (Lipinski definition) is 1. The van der Waals surface area contributed by atoms with E-state index in [2.05, 4.69) is 27.3 Å². The third-order valence-corrected chi connectivity index (χ3v) is 4.09. The second-order valence-corrected chi connectivity index (χ2v) is 5.31. The minimum absolute atomic E-state index is 0.781. The molecule has 3 heteroatoms. The van der Waals surface area contributed by atoms with Gasteiger partial charge in [0.15, 0.2) is 0 Å². The molecule has 0 bridgehead atoms. The molecule has 2 aliphatic heterocycles. The summed E-state index contributed by atoms with van der Waals surface area (Å²) in [7, 11) is 0. The third-order valence-electron chi connectivity index (χ3n) is 4.09. The van der Waals surface area contributed by atoms with Gasteiger partial charge in [0.25, 0.3) is 0 Å². The Hall–Kier alpha value is -0.930. The molecular weight excluding hydrogens is 210 g/mol. The number of nitrogens with one attached hydrogen (secondary N) is 1. The van der Waals surface area contributed by atoms with Crippen LogP contribution in [-0.2, 0) is 6.54 Å². The van der Waals surface area contributed by atoms with E-state index in [0.717, 1.165) is 18.5 Å². The van der Waals surface area contributed by atoms with Crippen LogP contribution in [0.25, 0.3) is 0 Å². The van der Waals surface area contributed by atoms with Crippen LogP contribution in [-0.4, -0.2) is 35.6 Å². The maximum absolute atomic E-state index is 4.42. The summed E-state index contributed by atoms with van der Waals surface area (Å²) in [5.41, 5.74) is 1.20. The van der Waals surface area contributed by atoms with Crippen molar-refractivity contribution in [3.8, 4) is 0 Å². The molecule has 3 rings (SSSR count). The number of piperidine rings is 2. The van der Waals surface area contributed by atoms with Gasteiger partial charge in [-0.1, -0.05) is 6.07 Å². The number of fused-ring (bicyclic) bond motifs is 1. The van der Waals surface area contributed by atoms with Crippen LogP contribution in [0.15, 0.2) is 24.4 Å². The first-order valence-electron chi connectivity index (χ1n) is 6.77. The van der Waals surface area contributed by atoms with Gasteiger partial charge in [0.05, 0.1) is 5.69 Å². The fourth-order valence-corrected chi connectivity index (χ4v) is 3.18. The average molecular weight is 231 g/mol. The lowest BCUT2D eigenvalue weighted by molar-refractivity contribution is 0.108. The zero-order chi connectivity index (χ0) is 11.5. The Morgan fingerprint density at radius 1 is 1.35 bits per heavy atom. The van der Waals surface area contributed by atoms with Gasteiger partial charge in [0.2, 0.25) is 0 Å². The lowest BCUT2D eigenvalue weighted by Gasteiger charge is -2.41. The van der Waals surface area contributed by atoms with Gasteiger partial charge in [-0.2, -0.15) is 0 Å². The van der Waals surface area contributed by atoms with E-state index in [1.54, 1.807) is 0 Å². The summed E-state index contributed by atoms with van der Waals surface area (Å²) >= 11 is 0. The first kappa shape index (κ1) is 11.2. The molecule has 1 aromatic heterocycles. The Kier molecular flexibility index (Phi) is 3.39. The van der Waals surface area contributed by atoms with Crippen molar-refractivity contribution in [2.24, 2.45) is 5.92 Å².